The molecule has 0 bridgehead atoms. The fourth-order valence-electron chi connectivity index (χ4n) is 4.44. The van der Waals surface area contributed by atoms with E-state index in [1.54, 1.807) is 4.90 Å². The lowest BCUT2D eigenvalue weighted by molar-refractivity contribution is -0.932. The number of alkyl halides is 1. The second kappa shape index (κ2) is 6.45. The number of nitrogens with one attached hydrogen (secondary N) is 1. The van der Waals surface area contributed by atoms with Gasteiger partial charge >= 0.3 is 0 Å². The number of halogens is 1. The monoisotopic (exact) mass is 343 g/mol. The molecule has 0 radical (unpaired) electrons. The lowest BCUT2D eigenvalue weighted by Crippen LogP contribution is -3.18. The largest absolute Gasteiger partial charge is 0.310 e. The smallest absolute Gasteiger partial charge is 0.189 e. The van der Waals surface area contributed by atoms with Crippen molar-refractivity contribution in [2.24, 2.45) is 5.92 Å². The van der Waals surface area contributed by atoms with Gasteiger partial charge in [0.25, 0.3) is 0 Å². The van der Waals surface area contributed by atoms with Crippen LogP contribution in [0.4, 0.5) is 0 Å². The van der Waals surface area contributed by atoms with Gasteiger partial charge < -0.3 is 4.90 Å². The van der Waals surface area contributed by atoms with Crippen LogP contribution in [0.2, 0.25) is 0 Å². The molecule has 3 fully saturated rings. The Morgan fingerprint density at radius 1 is 1.20 bits per heavy atom. The number of carbonyl (C=O) groups excluding carboxylic acids is 1. The highest BCUT2D eigenvalue weighted by Gasteiger charge is 2.43. The van der Waals surface area contributed by atoms with Crippen molar-refractivity contribution in [2.75, 3.05) is 19.6 Å². The van der Waals surface area contributed by atoms with Crippen molar-refractivity contribution in [3.8, 4) is 0 Å². The number of ketones is 1. The molecular formula is C16H28BrN2O+. The highest BCUT2D eigenvalue weighted by Crippen LogP contribution is 2.29. The van der Waals surface area contributed by atoms with Crippen LogP contribution in [0.3, 0.4) is 0 Å². The quantitative estimate of drug-likeness (QED) is 0.787. The molecule has 1 saturated carbocycles. The van der Waals surface area contributed by atoms with Crippen LogP contribution in [-0.2, 0) is 4.79 Å². The number of nitrogens with zero attached hydrogens (tertiary/aromatic N) is 1. The molecule has 2 aliphatic heterocycles. The van der Waals surface area contributed by atoms with Crippen molar-refractivity contribution in [3.05, 3.63) is 0 Å². The van der Waals surface area contributed by atoms with E-state index in [-0.39, 0.29) is 0 Å². The van der Waals surface area contributed by atoms with Gasteiger partial charge in [-0.3, -0.25) is 4.79 Å². The summed E-state index contributed by atoms with van der Waals surface area (Å²) in [6, 6.07) is 0.634. The van der Waals surface area contributed by atoms with Gasteiger partial charge in [0.1, 0.15) is 12.7 Å². The average Bonchev–Trinajstić information content (AvgIpc) is 2.76. The molecule has 0 aromatic rings. The van der Waals surface area contributed by atoms with E-state index in [9.17, 15) is 4.79 Å². The molecule has 1 N–H and O–H groups in total. The predicted octanol–water partition coefficient (Wildman–Crippen LogP) is 1.61. The Morgan fingerprint density at radius 2 is 1.95 bits per heavy atom. The average molecular weight is 344 g/mol. The molecule has 1 aliphatic carbocycles. The summed E-state index contributed by atoms with van der Waals surface area (Å²) in [7, 11) is 0. The van der Waals surface area contributed by atoms with Crippen molar-refractivity contribution in [1.29, 1.82) is 0 Å². The molecule has 2 saturated heterocycles. The minimum absolute atomic E-state index is 0.348. The number of carbonyl (C=O) groups is 1. The molecule has 0 aromatic heterocycles. The minimum Gasteiger partial charge on any atom is -0.310 e. The van der Waals surface area contributed by atoms with Crippen LogP contribution in [0.1, 0.15) is 51.9 Å². The van der Waals surface area contributed by atoms with Crippen molar-refractivity contribution < 1.29 is 9.69 Å². The highest BCUT2D eigenvalue weighted by molar-refractivity contribution is 9.09. The van der Waals surface area contributed by atoms with E-state index in [0.29, 0.717) is 28.7 Å². The number of rotatable bonds is 3. The molecule has 20 heavy (non-hydrogen) atoms. The Bertz CT molecular complexity index is 354. The number of Topliss-reactive ketones (excluding diaryl/α,β-unsaturated/α-hetero) is 1. The molecular weight excluding hydrogens is 316 g/mol. The normalized spacial score (nSPS) is 42.4. The third-order valence-electron chi connectivity index (χ3n) is 5.67. The molecule has 0 aromatic carbocycles. The van der Waals surface area contributed by atoms with Crippen LogP contribution >= 0.6 is 15.9 Å². The Hall–Kier alpha value is 0.0700. The number of hydrogen-bond donors (Lipinski definition) is 1. The maximum atomic E-state index is 12.6. The number of fused-ring (bicyclic) bond motifs is 1. The predicted molar refractivity (Wildman–Crippen MR) is 84.2 cm³/mol. The van der Waals surface area contributed by atoms with Crippen LogP contribution in [0.15, 0.2) is 0 Å². The second-order valence-corrected chi connectivity index (χ2v) is 8.37. The summed E-state index contributed by atoms with van der Waals surface area (Å²) in [5.41, 5.74) is 0. The van der Waals surface area contributed by atoms with Gasteiger partial charge in [0, 0.05) is 23.7 Å². The van der Waals surface area contributed by atoms with Crippen molar-refractivity contribution in [2.45, 2.75) is 68.9 Å². The van der Waals surface area contributed by atoms with Gasteiger partial charge in [0.2, 0.25) is 0 Å². The molecule has 3 rings (SSSR count). The van der Waals surface area contributed by atoms with Crippen LogP contribution in [0.25, 0.3) is 0 Å². The Balaban J connectivity index is 1.57. The molecule has 2 heterocycles. The summed E-state index contributed by atoms with van der Waals surface area (Å²) in [5.74, 6) is 0.889. The maximum Gasteiger partial charge on any atom is 0.189 e. The molecule has 0 spiro atoms. The van der Waals surface area contributed by atoms with Gasteiger partial charge in [-0.2, -0.15) is 0 Å². The van der Waals surface area contributed by atoms with Crippen LogP contribution in [0.5, 0.6) is 0 Å². The van der Waals surface area contributed by atoms with Crippen molar-refractivity contribution in [1.82, 2.24) is 4.90 Å². The third kappa shape index (κ3) is 3.12. The van der Waals surface area contributed by atoms with E-state index < -0.39 is 0 Å². The maximum absolute atomic E-state index is 12.6. The van der Waals surface area contributed by atoms with Crippen molar-refractivity contribution >= 4 is 21.7 Å². The standard InChI is InChI=1S/C16H27BrN2O/c1-12-10-18-9-3-2-4-16(18)19(12)11-15(20)13-5-7-14(17)8-6-13/h12-14,16H,2-11H2,1H3/p+1. The van der Waals surface area contributed by atoms with E-state index in [1.165, 1.54) is 45.2 Å². The first-order chi connectivity index (χ1) is 9.65. The number of hydrogen-bond acceptors (Lipinski definition) is 2. The van der Waals surface area contributed by atoms with Crippen molar-refractivity contribution in [3.63, 3.8) is 0 Å². The molecule has 4 heteroatoms. The number of quaternary nitrogens is 1. The summed E-state index contributed by atoms with van der Waals surface area (Å²) in [5, 5.41) is 0. The SMILES string of the molecule is CC1CN2CCCCC2[NH+]1CC(=O)C1CCC(Br)CC1. The Labute approximate surface area is 131 Å². The van der Waals surface area contributed by atoms with Gasteiger partial charge in [-0.1, -0.05) is 15.9 Å². The minimum atomic E-state index is 0.348. The van der Waals surface area contributed by atoms with E-state index in [2.05, 4.69) is 27.8 Å². The molecule has 3 nitrogen and oxygen atoms in total. The van der Waals surface area contributed by atoms with Gasteiger partial charge in [-0.25, -0.2) is 4.90 Å². The van der Waals surface area contributed by atoms with E-state index in [0.717, 1.165) is 19.4 Å². The van der Waals surface area contributed by atoms with E-state index >= 15 is 0 Å². The summed E-state index contributed by atoms with van der Waals surface area (Å²) < 4.78 is 0. The molecule has 114 valence electrons. The summed E-state index contributed by atoms with van der Waals surface area (Å²) in [6.07, 6.45) is 9.18. The van der Waals surface area contributed by atoms with Gasteiger partial charge in [-0.05, 0) is 45.4 Å². The summed E-state index contributed by atoms with van der Waals surface area (Å²) >= 11 is 3.68. The number of piperidine rings is 1. The highest BCUT2D eigenvalue weighted by atomic mass is 79.9. The van der Waals surface area contributed by atoms with Crippen LogP contribution < -0.4 is 4.90 Å². The van der Waals surface area contributed by atoms with Crippen LogP contribution in [-0.4, -0.2) is 47.4 Å². The zero-order valence-corrected chi connectivity index (χ0v) is 14.2. The molecule has 0 amide bonds. The molecule has 3 aliphatic rings. The lowest BCUT2D eigenvalue weighted by atomic mass is 9.86. The first kappa shape index (κ1) is 15.0. The Kier molecular flexibility index (Phi) is 4.83. The fraction of sp³-hybridized carbons (Fsp3) is 0.938. The van der Waals surface area contributed by atoms with Gasteiger partial charge in [0.15, 0.2) is 5.78 Å². The zero-order valence-electron chi connectivity index (χ0n) is 12.6. The Morgan fingerprint density at radius 3 is 2.70 bits per heavy atom. The summed E-state index contributed by atoms with van der Waals surface area (Å²) in [4.78, 5) is 17.5. The second-order valence-electron chi connectivity index (χ2n) is 7.07. The molecule has 3 unspecified atom stereocenters. The first-order valence-corrected chi connectivity index (χ1v) is 9.33. The summed E-state index contributed by atoms with van der Waals surface area (Å²) in [6.45, 7) is 5.55. The van der Waals surface area contributed by atoms with Gasteiger partial charge in [0.05, 0.1) is 12.6 Å². The lowest BCUT2D eigenvalue weighted by Gasteiger charge is -2.32. The van der Waals surface area contributed by atoms with E-state index in [1.807, 2.05) is 0 Å². The van der Waals surface area contributed by atoms with Gasteiger partial charge in [-0.15, -0.1) is 0 Å². The first-order valence-electron chi connectivity index (χ1n) is 8.41. The topological polar surface area (TPSA) is 24.8 Å². The third-order valence-corrected chi connectivity index (χ3v) is 6.59. The molecule has 3 atom stereocenters. The zero-order chi connectivity index (χ0) is 14.1. The van der Waals surface area contributed by atoms with E-state index in [4.69, 9.17) is 0 Å². The van der Waals surface area contributed by atoms with Crippen LogP contribution in [0, 0.1) is 5.92 Å². The fourth-order valence-corrected chi connectivity index (χ4v) is 4.97.